The fourth-order valence-corrected chi connectivity index (χ4v) is 3.92. The molecule has 0 saturated carbocycles. The van der Waals surface area contributed by atoms with Crippen LogP contribution in [0.4, 0.5) is 15.8 Å². The molecule has 1 aromatic heterocycles. The molecule has 0 saturated heterocycles. The van der Waals surface area contributed by atoms with Crippen LogP contribution in [-0.4, -0.2) is 32.7 Å². The highest BCUT2D eigenvalue weighted by atomic mass is 32.2. The first kappa shape index (κ1) is 21.7. The van der Waals surface area contributed by atoms with Crippen LogP contribution in [0.5, 0.6) is 5.88 Å². The SMILES string of the molecule is CCSc1nnc2c(n1)O[C@@H](c1ccc(NC(C)=O)cc1)N(C(C)=O)c1ccc(F)cc1-2. The van der Waals surface area contributed by atoms with Gasteiger partial charge in [0.2, 0.25) is 29.1 Å². The molecule has 1 atom stereocenters. The molecule has 0 bridgehead atoms. The van der Waals surface area contributed by atoms with E-state index < -0.39 is 12.0 Å². The van der Waals surface area contributed by atoms with E-state index in [-0.39, 0.29) is 23.4 Å². The maximum absolute atomic E-state index is 14.2. The number of nitrogens with one attached hydrogen (secondary N) is 1. The van der Waals surface area contributed by atoms with Gasteiger partial charge in [-0.2, -0.15) is 4.98 Å². The first-order valence-electron chi connectivity index (χ1n) is 9.88. The zero-order valence-corrected chi connectivity index (χ0v) is 18.4. The first-order valence-corrected chi connectivity index (χ1v) is 10.9. The maximum atomic E-state index is 14.2. The van der Waals surface area contributed by atoms with Crippen molar-refractivity contribution in [2.75, 3.05) is 16.0 Å². The summed E-state index contributed by atoms with van der Waals surface area (Å²) in [5.41, 5.74) is 2.29. The summed E-state index contributed by atoms with van der Waals surface area (Å²) in [7, 11) is 0. The predicted octanol–water partition coefficient (Wildman–Crippen LogP) is 4.19. The summed E-state index contributed by atoms with van der Waals surface area (Å²) in [5.74, 6) is -0.0907. The molecule has 1 N–H and O–H groups in total. The molecule has 32 heavy (non-hydrogen) atoms. The molecular formula is C22H20FN5O3S. The Hall–Kier alpha value is -3.53. The molecule has 0 aliphatic carbocycles. The summed E-state index contributed by atoms with van der Waals surface area (Å²) >= 11 is 1.39. The minimum Gasteiger partial charge on any atom is -0.447 e. The Balaban J connectivity index is 1.88. The number of carbonyl (C=O) groups excluding carboxylic acids is 2. The van der Waals surface area contributed by atoms with Crippen LogP contribution in [0.25, 0.3) is 11.3 Å². The van der Waals surface area contributed by atoms with Gasteiger partial charge in [0.15, 0.2) is 5.69 Å². The third kappa shape index (κ3) is 4.26. The van der Waals surface area contributed by atoms with Crippen LogP contribution in [0.15, 0.2) is 47.6 Å². The summed E-state index contributed by atoms with van der Waals surface area (Å²) in [6.45, 7) is 4.79. The highest BCUT2D eigenvalue weighted by Gasteiger charge is 2.35. The number of fused-ring (bicyclic) bond motifs is 3. The van der Waals surface area contributed by atoms with Crippen LogP contribution >= 0.6 is 11.8 Å². The second-order valence-electron chi connectivity index (χ2n) is 7.01. The van der Waals surface area contributed by atoms with E-state index in [1.54, 1.807) is 24.3 Å². The molecule has 4 rings (SSSR count). The highest BCUT2D eigenvalue weighted by Crippen LogP contribution is 2.43. The molecular weight excluding hydrogens is 433 g/mol. The van der Waals surface area contributed by atoms with Gasteiger partial charge >= 0.3 is 0 Å². The minimum absolute atomic E-state index is 0.155. The standard InChI is InChI=1S/C22H20FN5O3S/c1-4-32-22-25-20-19(26-27-22)17-11-15(23)7-10-18(17)28(13(3)30)21(31-20)14-5-8-16(9-6-14)24-12(2)29/h5-11,21H,4H2,1-3H3,(H,24,29)/t21-/m0/s1. The lowest BCUT2D eigenvalue weighted by Crippen LogP contribution is -2.36. The molecule has 0 radical (unpaired) electrons. The Bertz CT molecular complexity index is 1190. The Labute approximate surface area is 188 Å². The third-order valence-electron chi connectivity index (χ3n) is 4.70. The summed E-state index contributed by atoms with van der Waals surface area (Å²) in [6.07, 6.45) is -0.888. The predicted molar refractivity (Wildman–Crippen MR) is 119 cm³/mol. The molecule has 10 heteroatoms. The van der Waals surface area contributed by atoms with Gasteiger partial charge in [0.25, 0.3) is 0 Å². The van der Waals surface area contributed by atoms with Crippen molar-refractivity contribution in [3.63, 3.8) is 0 Å². The quantitative estimate of drug-likeness (QED) is 0.592. The number of amides is 2. The van der Waals surface area contributed by atoms with E-state index in [0.29, 0.717) is 27.7 Å². The van der Waals surface area contributed by atoms with E-state index in [9.17, 15) is 14.0 Å². The molecule has 0 unspecified atom stereocenters. The van der Waals surface area contributed by atoms with E-state index in [0.717, 1.165) is 5.75 Å². The molecule has 1 aliphatic rings. The molecule has 0 fully saturated rings. The number of hydrogen-bond donors (Lipinski definition) is 1. The fourth-order valence-electron chi connectivity index (χ4n) is 3.42. The van der Waals surface area contributed by atoms with Crippen LogP contribution in [0.2, 0.25) is 0 Å². The van der Waals surface area contributed by atoms with Gasteiger partial charge in [-0.15, -0.1) is 10.2 Å². The number of carbonyl (C=O) groups is 2. The zero-order chi connectivity index (χ0) is 22.8. The number of halogens is 1. The van der Waals surface area contributed by atoms with Gasteiger partial charge in [-0.1, -0.05) is 30.8 Å². The van der Waals surface area contributed by atoms with Crippen molar-refractivity contribution in [1.29, 1.82) is 0 Å². The first-order chi connectivity index (χ1) is 15.4. The number of ether oxygens (including phenoxy) is 1. The molecule has 2 aromatic carbocycles. The number of nitrogens with zero attached hydrogens (tertiary/aromatic N) is 4. The van der Waals surface area contributed by atoms with Crippen molar-refractivity contribution >= 4 is 35.0 Å². The maximum Gasteiger partial charge on any atom is 0.247 e. The van der Waals surface area contributed by atoms with Crippen LogP contribution in [0.3, 0.4) is 0 Å². The summed E-state index contributed by atoms with van der Waals surface area (Å²) < 4.78 is 20.4. The summed E-state index contributed by atoms with van der Waals surface area (Å²) in [4.78, 5) is 30.0. The lowest BCUT2D eigenvalue weighted by Gasteiger charge is -2.30. The Morgan fingerprint density at radius 3 is 2.56 bits per heavy atom. The highest BCUT2D eigenvalue weighted by molar-refractivity contribution is 7.99. The van der Waals surface area contributed by atoms with Crippen molar-refractivity contribution in [1.82, 2.24) is 15.2 Å². The second kappa shape index (κ2) is 8.91. The Kier molecular flexibility index (Phi) is 6.04. The Morgan fingerprint density at radius 2 is 1.91 bits per heavy atom. The van der Waals surface area contributed by atoms with Gasteiger partial charge in [0.1, 0.15) is 5.82 Å². The normalized spacial score (nSPS) is 14.6. The number of thioether (sulfide) groups is 1. The van der Waals surface area contributed by atoms with Crippen LogP contribution in [0.1, 0.15) is 32.6 Å². The second-order valence-corrected chi connectivity index (χ2v) is 8.24. The van der Waals surface area contributed by atoms with Crippen molar-refractivity contribution in [2.45, 2.75) is 32.2 Å². The number of anilines is 2. The van der Waals surface area contributed by atoms with Gasteiger partial charge in [-0.3, -0.25) is 14.5 Å². The average Bonchev–Trinajstić information content (AvgIpc) is 2.88. The average molecular weight is 453 g/mol. The van der Waals surface area contributed by atoms with Gasteiger partial charge < -0.3 is 10.1 Å². The van der Waals surface area contributed by atoms with E-state index in [2.05, 4.69) is 20.5 Å². The largest absolute Gasteiger partial charge is 0.447 e. The van der Waals surface area contributed by atoms with Gasteiger partial charge in [0.05, 0.1) is 5.69 Å². The summed E-state index contributed by atoms with van der Waals surface area (Å²) in [5, 5.41) is 11.5. The van der Waals surface area contributed by atoms with E-state index in [1.165, 1.54) is 48.7 Å². The van der Waals surface area contributed by atoms with Crippen LogP contribution in [0, 0.1) is 5.82 Å². The smallest absolute Gasteiger partial charge is 0.247 e. The molecule has 2 amide bonds. The lowest BCUT2D eigenvalue weighted by molar-refractivity contribution is -0.118. The number of aromatic nitrogens is 3. The Morgan fingerprint density at radius 1 is 1.16 bits per heavy atom. The zero-order valence-electron chi connectivity index (χ0n) is 17.6. The minimum atomic E-state index is -0.888. The fraction of sp³-hybridized carbons (Fsp3) is 0.227. The molecule has 8 nitrogen and oxygen atoms in total. The van der Waals surface area contributed by atoms with Gasteiger partial charge in [-0.05, 0) is 36.1 Å². The molecule has 1 aliphatic heterocycles. The lowest BCUT2D eigenvalue weighted by atomic mass is 10.1. The summed E-state index contributed by atoms with van der Waals surface area (Å²) in [6, 6.07) is 11.0. The van der Waals surface area contributed by atoms with E-state index in [1.807, 2.05) is 6.92 Å². The van der Waals surface area contributed by atoms with Crippen LogP contribution in [-0.2, 0) is 9.59 Å². The molecule has 164 valence electrons. The third-order valence-corrected chi connectivity index (χ3v) is 5.42. The van der Waals surface area contributed by atoms with Gasteiger partial charge in [0, 0.05) is 30.7 Å². The molecule has 2 heterocycles. The molecule has 3 aromatic rings. The molecule has 0 spiro atoms. The van der Waals surface area contributed by atoms with Crippen molar-refractivity contribution in [3.8, 4) is 17.1 Å². The number of rotatable bonds is 4. The monoisotopic (exact) mass is 453 g/mol. The van der Waals surface area contributed by atoms with Crippen molar-refractivity contribution < 1.29 is 18.7 Å². The number of hydrogen-bond acceptors (Lipinski definition) is 7. The van der Waals surface area contributed by atoms with Gasteiger partial charge in [-0.25, -0.2) is 4.39 Å². The van der Waals surface area contributed by atoms with E-state index >= 15 is 0 Å². The van der Waals surface area contributed by atoms with Crippen molar-refractivity contribution in [3.05, 3.63) is 53.8 Å². The number of benzene rings is 2. The van der Waals surface area contributed by atoms with Crippen molar-refractivity contribution in [2.24, 2.45) is 0 Å². The van der Waals surface area contributed by atoms with Crippen LogP contribution < -0.4 is 15.0 Å². The van der Waals surface area contributed by atoms with E-state index in [4.69, 9.17) is 4.74 Å². The topological polar surface area (TPSA) is 97.3 Å².